The van der Waals surface area contributed by atoms with Crippen LogP contribution in [0.3, 0.4) is 0 Å². The number of piperidine rings is 1. The van der Waals surface area contributed by atoms with E-state index < -0.39 is 0 Å². The van der Waals surface area contributed by atoms with Crippen molar-refractivity contribution in [1.29, 1.82) is 0 Å². The molecule has 2 heterocycles. The quantitative estimate of drug-likeness (QED) is 0.658. The fraction of sp³-hybridized carbons (Fsp3) is 0.833. The first kappa shape index (κ1) is 11.4. The zero-order valence-electron chi connectivity index (χ0n) is 10.1. The molecule has 0 aromatic heterocycles. The summed E-state index contributed by atoms with van der Waals surface area (Å²) < 4.78 is 0. The van der Waals surface area contributed by atoms with Gasteiger partial charge < -0.3 is 9.80 Å². The van der Waals surface area contributed by atoms with E-state index in [0.717, 1.165) is 31.8 Å². The van der Waals surface area contributed by atoms with Crippen LogP contribution < -0.4 is 0 Å². The van der Waals surface area contributed by atoms with Crippen molar-refractivity contribution in [2.75, 3.05) is 26.7 Å². The van der Waals surface area contributed by atoms with Crippen molar-refractivity contribution in [3.05, 3.63) is 0 Å². The Morgan fingerprint density at radius 1 is 1.31 bits per heavy atom. The number of rotatable bonds is 1. The van der Waals surface area contributed by atoms with Crippen molar-refractivity contribution in [3.63, 3.8) is 0 Å². The lowest BCUT2D eigenvalue weighted by Gasteiger charge is -2.31. The minimum absolute atomic E-state index is 0.0918. The lowest BCUT2D eigenvalue weighted by atomic mass is 9.97. The lowest BCUT2D eigenvalue weighted by molar-refractivity contribution is -0.137. The molecule has 90 valence electrons. The van der Waals surface area contributed by atoms with Gasteiger partial charge in [0.15, 0.2) is 0 Å². The predicted molar refractivity (Wildman–Crippen MR) is 60.7 cm³/mol. The molecule has 0 aromatic rings. The molecule has 4 nitrogen and oxygen atoms in total. The third kappa shape index (κ3) is 2.20. The molecule has 0 aromatic carbocycles. The molecule has 0 aliphatic carbocycles. The Balaban J connectivity index is 1.91. The van der Waals surface area contributed by atoms with Crippen LogP contribution in [-0.2, 0) is 9.59 Å². The maximum Gasteiger partial charge on any atom is 0.227 e. The van der Waals surface area contributed by atoms with Crippen LogP contribution in [0.25, 0.3) is 0 Å². The Morgan fingerprint density at radius 3 is 2.44 bits per heavy atom. The SMILES string of the molecule is CC1CCN(C(=O)C2CC(=O)N(C)C2)CC1. The van der Waals surface area contributed by atoms with Crippen molar-refractivity contribution >= 4 is 11.8 Å². The van der Waals surface area contributed by atoms with E-state index in [1.165, 1.54) is 0 Å². The second-order valence-corrected chi connectivity index (χ2v) is 5.18. The van der Waals surface area contributed by atoms with Crippen LogP contribution in [0.2, 0.25) is 0 Å². The van der Waals surface area contributed by atoms with Gasteiger partial charge in [0, 0.05) is 33.1 Å². The van der Waals surface area contributed by atoms with E-state index in [4.69, 9.17) is 0 Å². The van der Waals surface area contributed by atoms with Gasteiger partial charge in [-0.1, -0.05) is 6.92 Å². The number of carbonyl (C=O) groups excluding carboxylic acids is 2. The van der Waals surface area contributed by atoms with Crippen molar-refractivity contribution in [2.24, 2.45) is 11.8 Å². The van der Waals surface area contributed by atoms with Crippen LogP contribution in [0.5, 0.6) is 0 Å². The highest BCUT2D eigenvalue weighted by molar-refractivity contribution is 5.89. The first-order valence-corrected chi connectivity index (χ1v) is 6.10. The number of likely N-dealkylation sites (tertiary alicyclic amines) is 2. The summed E-state index contributed by atoms with van der Waals surface area (Å²) in [7, 11) is 1.77. The normalized spacial score (nSPS) is 27.6. The third-order valence-electron chi connectivity index (χ3n) is 3.79. The van der Waals surface area contributed by atoms with Crippen LogP contribution >= 0.6 is 0 Å². The highest BCUT2D eigenvalue weighted by atomic mass is 16.2. The first-order valence-electron chi connectivity index (χ1n) is 6.10. The Hall–Kier alpha value is -1.06. The molecule has 0 spiro atoms. The Kier molecular flexibility index (Phi) is 3.17. The number of hydrogen-bond acceptors (Lipinski definition) is 2. The Labute approximate surface area is 96.6 Å². The smallest absolute Gasteiger partial charge is 0.227 e. The largest absolute Gasteiger partial charge is 0.345 e. The van der Waals surface area contributed by atoms with Crippen LogP contribution in [0.15, 0.2) is 0 Å². The molecular formula is C12H20N2O2. The van der Waals surface area contributed by atoms with Crippen molar-refractivity contribution in [2.45, 2.75) is 26.2 Å². The molecular weight excluding hydrogens is 204 g/mol. The second kappa shape index (κ2) is 4.44. The van der Waals surface area contributed by atoms with E-state index >= 15 is 0 Å². The third-order valence-corrected chi connectivity index (χ3v) is 3.79. The summed E-state index contributed by atoms with van der Waals surface area (Å²) in [5, 5.41) is 0. The number of carbonyl (C=O) groups is 2. The van der Waals surface area contributed by atoms with Crippen molar-refractivity contribution < 1.29 is 9.59 Å². The fourth-order valence-electron chi connectivity index (χ4n) is 2.52. The summed E-state index contributed by atoms with van der Waals surface area (Å²) >= 11 is 0. The van der Waals surface area contributed by atoms with Gasteiger partial charge in [-0.3, -0.25) is 9.59 Å². The Bertz CT molecular complexity index is 295. The Morgan fingerprint density at radius 2 is 1.94 bits per heavy atom. The van der Waals surface area contributed by atoms with E-state index in [9.17, 15) is 9.59 Å². The molecule has 2 aliphatic heterocycles. The van der Waals surface area contributed by atoms with E-state index in [1.54, 1.807) is 11.9 Å². The minimum atomic E-state index is -0.0918. The predicted octanol–water partition coefficient (Wildman–Crippen LogP) is 0.723. The van der Waals surface area contributed by atoms with E-state index in [2.05, 4.69) is 6.92 Å². The molecule has 4 heteroatoms. The van der Waals surface area contributed by atoms with E-state index in [1.807, 2.05) is 4.90 Å². The second-order valence-electron chi connectivity index (χ2n) is 5.18. The number of nitrogens with zero attached hydrogens (tertiary/aromatic N) is 2. The topological polar surface area (TPSA) is 40.6 Å². The minimum Gasteiger partial charge on any atom is -0.345 e. The van der Waals surface area contributed by atoms with Gasteiger partial charge in [0.1, 0.15) is 0 Å². The average Bonchev–Trinajstić information content (AvgIpc) is 2.59. The summed E-state index contributed by atoms with van der Waals surface area (Å²) in [4.78, 5) is 27.1. The zero-order chi connectivity index (χ0) is 11.7. The van der Waals surface area contributed by atoms with Gasteiger partial charge in [-0.15, -0.1) is 0 Å². The molecule has 0 bridgehead atoms. The van der Waals surface area contributed by atoms with Crippen molar-refractivity contribution in [3.8, 4) is 0 Å². The molecule has 0 N–H and O–H groups in total. The van der Waals surface area contributed by atoms with Crippen LogP contribution in [0.1, 0.15) is 26.2 Å². The van der Waals surface area contributed by atoms with Crippen LogP contribution in [0, 0.1) is 11.8 Å². The molecule has 2 amide bonds. The molecule has 0 radical (unpaired) electrons. The molecule has 1 atom stereocenters. The average molecular weight is 224 g/mol. The summed E-state index contributed by atoms with van der Waals surface area (Å²) in [5.74, 6) is 0.927. The molecule has 0 saturated carbocycles. The molecule has 2 rings (SSSR count). The highest BCUT2D eigenvalue weighted by Gasteiger charge is 2.35. The zero-order valence-corrected chi connectivity index (χ0v) is 10.1. The van der Waals surface area contributed by atoms with Crippen molar-refractivity contribution in [1.82, 2.24) is 9.80 Å². The van der Waals surface area contributed by atoms with Crippen LogP contribution in [0.4, 0.5) is 0 Å². The van der Waals surface area contributed by atoms with Gasteiger partial charge in [-0.05, 0) is 18.8 Å². The van der Waals surface area contributed by atoms with Gasteiger partial charge in [0.25, 0.3) is 0 Å². The maximum absolute atomic E-state index is 12.1. The van der Waals surface area contributed by atoms with Gasteiger partial charge in [0.2, 0.25) is 11.8 Å². The lowest BCUT2D eigenvalue weighted by Crippen LogP contribution is -2.42. The number of amides is 2. The summed E-state index contributed by atoms with van der Waals surface area (Å²) in [6, 6.07) is 0. The van der Waals surface area contributed by atoms with Gasteiger partial charge in [-0.2, -0.15) is 0 Å². The summed E-state index contributed by atoms with van der Waals surface area (Å²) in [6.07, 6.45) is 2.60. The molecule has 2 fully saturated rings. The van der Waals surface area contributed by atoms with Gasteiger partial charge in [0.05, 0.1) is 5.92 Å². The van der Waals surface area contributed by atoms with Gasteiger partial charge in [-0.25, -0.2) is 0 Å². The first-order chi connectivity index (χ1) is 7.58. The summed E-state index contributed by atoms with van der Waals surface area (Å²) in [6.45, 7) is 4.57. The van der Waals surface area contributed by atoms with Crippen LogP contribution in [-0.4, -0.2) is 48.3 Å². The standard InChI is InChI=1S/C12H20N2O2/c1-9-3-5-14(6-4-9)12(16)10-7-11(15)13(2)8-10/h9-10H,3-8H2,1-2H3. The monoisotopic (exact) mass is 224 g/mol. The molecule has 2 saturated heterocycles. The molecule has 1 unspecified atom stereocenters. The molecule has 16 heavy (non-hydrogen) atoms. The summed E-state index contributed by atoms with van der Waals surface area (Å²) in [5.41, 5.74) is 0. The van der Waals surface area contributed by atoms with E-state index in [-0.39, 0.29) is 17.7 Å². The molecule has 2 aliphatic rings. The fourth-order valence-corrected chi connectivity index (χ4v) is 2.52. The van der Waals surface area contributed by atoms with E-state index in [0.29, 0.717) is 13.0 Å². The van der Waals surface area contributed by atoms with Gasteiger partial charge >= 0.3 is 0 Å². The maximum atomic E-state index is 12.1. The highest BCUT2D eigenvalue weighted by Crippen LogP contribution is 2.22. The number of hydrogen-bond donors (Lipinski definition) is 0.